The van der Waals surface area contributed by atoms with E-state index in [9.17, 15) is 9.59 Å². The Balaban J connectivity index is 1.41. The number of rotatable bonds is 9. The number of thiazole rings is 1. The second-order valence-corrected chi connectivity index (χ2v) is 12.0. The van der Waals surface area contributed by atoms with Gasteiger partial charge < -0.3 is 10.2 Å². The molecule has 0 radical (unpaired) electrons. The summed E-state index contributed by atoms with van der Waals surface area (Å²) in [5.41, 5.74) is 1.17. The number of carbonyl (C=O) groups excluding carboxylic acids is 2. The van der Waals surface area contributed by atoms with Gasteiger partial charge in [-0.15, -0.1) is 28.1 Å². The van der Waals surface area contributed by atoms with E-state index >= 15 is 0 Å². The third-order valence-electron chi connectivity index (χ3n) is 5.06. The lowest BCUT2D eigenvalue weighted by molar-refractivity contribution is -0.132. The van der Waals surface area contributed by atoms with Crippen molar-refractivity contribution in [3.8, 4) is 0 Å². The van der Waals surface area contributed by atoms with Gasteiger partial charge in [-0.2, -0.15) is 0 Å². The standard InChI is InChI=1S/C22H32N6O2S3/c1-5-13-31-21-26-25-20(33-21)24-17(29)7-8-18(30)28-10-6-9-27(11-12-28)14-16-15-32-19(23-16)22(2,3)4/h5,15H,1,6-14H2,2-4H3,(H,24,25,29). The Bertz CT molecular complexity index is 952. The molecule has 33 heavy (non-hydrogen) atoms. The minimum Gasteiger partial charge on any atom is -0.341 e. The molecule has 0 unspecified atom stereocenters. The largest absolute Gasteiger partial charge is 0.341 e. The smallest absolute Gasteiger partial charge is 0.226 e. The summed E-state index contributed by atoms with van der Waals surface area (Å²) in [6.07, 6.45) is 3.05. The minimum absolute atomic E-state index is 0.0233. The molecule has 0 atom stereocenters. The van der Waals surface area contributed by atoms with Gasteiger partial charge in [0.05, 0.1) is 10.7 Å². The second-order valence-electron chi connectivity index (χ2n) is 8.93. The van der Waals surface area contributed by atoms with Crippen LogP contribution in [0.25, 0.3) is 0 Å². The van der Waals surface area contributed by atoms with Crippen molar-refractivity contribution in [2.24, 2.45) is 0 Å². The van der Waals surface area contributed by atoms with E-state index in [1.165, 1.54) is 23.1 Å². The minimum atomic E-state index is -0.214. The van der Waals surface area contributed by atoms with Crippen molar-refractivity contribution in [3.05, 3.63) is 28.7 Å². The zero-order valence-electron chi connectivity index (χ0n) is 19.5. The summed E-state index contributed by atoms with van der Waals surface area (Å²) in [4.78, 5) is 34.0. The Hall–Kier alpha value is -1.82. The molecule has 0 aromatic carbocycles. The van der Waals surface area contributed by atoms with E-state index in [2.05, 4.69) is 53.1 Å². The third kappa shape index (κ3) is 8.16. The van der Waals surface area contributed by atoms with Crippen LogP contribution in [0.1, 0.15) is 50.7 Å². The van der Waals surface area contributed by atoms with Gasteiger partial charge in [0.15, 0.2) is 4.34 Å². The van der Waals surface area contributed by atoms with Crippen molar-refractivity contribution in [3.63, 3.8) is 0 Å². The maximum atomic E-state index is 12.7. The number of nitrogens with one attached hydrogen (secondary N) is 1. The summed E-state index contributed by atoms with van der Waals surface area (Å²) < 4.78 is 0.780. The first kappa shape index (κ1) is 25.8. The number of carbonyl (C=O) groups is 2. The van der Waals surface area contributed by atoms with Crippen LogP contribution in [0, 0.1) is 0 Å². The fourth-order valence-corrected chi connectivity index (χ4v) is 5.77. The monoisotopic (exact) mass is 508 g/mol. The van der Waals surface area contributed by atoms with E-state index < -0.39 is 0 Å². The van der Waals surface area contributed by atoms with Gasteiger partial charge in [0.2, 0.25) is 16.9 Å². The molecular formula is C22H32N6O2S3. The van der Waals surface area contributed by atoms with Crippen molar-refractivity contribution in [2.75, 3.05) is 37.2 Å². The van der Waals surface area contributed by atoms with Crippen molar-refractivity contribution < 1.29 is 9.59 Å². The molecule has 2 amide bonds. The highest BCUT2D eigenvalue weighted by atomic mass is 32.2. The zero-order valence-corrected chi connectivity index (χ0v) is 22.0. The lowest BCUT2D eigenvalue weighted by atomic mass is 9.98. The average molecular weight is 509 g/mol. The summed E-state index contributed by atoms with van der Waals surface area (Å²) >= 11 is 4.56. The third-order valence-corrected chi connectivity index (χ3v) is 8.35. The normalized spacial score (nSPS) is 15.3. The molecule has 180 valence electrons. The highest BCUT2D eigenvalue weighted by Gasteiger charge is 2.22. The average Bonchev–Trinajstić information content (AvgIpc) is 3.35. The predicted molar refractivity (Wildman–Crippen MR) is 136 cm³/mol. The van der Waals surface area contributed by atoms with Crippen LogP contribution in [-0.4, -0.2) is 68.7 Å². The van der Waals surface area contributed by atoms with Crippen molar-refractivity contribution in [2.45, 2.75) is 56.3 Å². The van der Waals surface area contributed by atoms with Crippen LogP contribution >= 0.6 is 34.4 Å². The summed E-state index contributed by atoms with van der Waals surface area (Å²) in [7, 11) is 0. The SMILES string of the molecule is C=CCSc1nnc(NC(=O)CCC(=O)N2CCCN(Cc3csc(C(C)(C)C)n3)CC2)s1. The number of anilines is 1. The number of hydrogen-bond donors (Lipinski definition) is 1. The highest BCUT2D eigenvalue weighted by Crippen LogP contribution is 2.27. The topological polar surface area (TPSA) is 91.3 Å². The number of nitrogens with zero attached hydrogens (tertiary/aromatic N) is 5. The lowest BCUT2D eigenvalue weighted by Gasteiger charge is -2.21. The Kier molecular flexibility index (Phi) is 9.42. The molecule has 3 rings (SSSR count). The molecule has 0 bridgehead atoms. The van der Waals surface area contributed by atoms with E-state index in [4.69, 9.17) is 4.98 Å². The van der Waals surface area contributed by atoms with Gasteiger partial charge in [0, 0.05) is 62.1 Å². The van der Waals surface area contributed by atoms with Gasteiger partial charge in [-0.25, -0.2) is 4.98 Å². The van der Waals surface area contributed by atoms with Crippen LogP contribution < -0.4 is 5.32 Å². The Morgan fingerprint density at radius 3 is 2.76 bits per heavy atom. The number of amides is 2. The Morgan fingerprint density at radius 2 is 2.03 bits per heavy atom. The maximum absolute atomic E-state index is 12.7. The first-order chi connectivity index (χ1) is 15.7. The van der Waals surface area contributed by atoms with E-state index in [-0.39, 0.29) is 30.1 Å². The van der Waals surface area contributed by atoms with Crippen LogP contribution in [0.15, 0.2) is 22.4 Å². The molecule has 1 N–H and O–H groups in total. The molecule has 1 aliphatic rings. The first-order valence-corrected chi connectivity index (χ1v) is 13.7. The fourth-order valence-electron chi connectivity index (χ4n) is 3.34. The molecule has 0 saturated carbocycles. The molecule has 0 spiro atoms. The molecule has 2 aromatic rings. The second kappa shape index (κ2) is 12.0. The van der Waals surface area contributed by atoms with Gasteiger partial charge in [-0.3, -0.25) is 14.5 Å². The quantitative estimate of drug-likeness (QED) is 0.311. The van der Waals surface area contributed by atoms with Gasteiger partial charge >= 0.3 is 0 Å². The molecule has 2 aromatic heterocycles. The fraction of sp³-hybridized carbons (Fsp3) is 0.591. The highest BCUT2D eigenvalue weighted by molar-refractivity contribution is 8.01. The van der Waals surface area contributed by atoms with Crippen molar-refractivity contribution in [1.82, 2.24) is 25.0 Å². The summed E-state index contributed by atoms with van der Waals surface area (Å²) in [6, 6.07) is 0. The van der Waals surface area contributed by atoms with Crippen molar-refractivity contribution >= 4 is 51.4 Å². The zero-order chi connectivity index (χ0) is 23.8. The van der Waals surface area contributed by atoms with Crippen molar-refractivity contribution in [1.29, 1.82) is 0 Å². The summed E-state index contributed by atoms with van der Waals surface area (Å²) in [5, 5.41) is 14.5. The van der Waals surface area contributed by atoms with Crippen LogP contribution in [0.4, 0.5) is 5.13 Å². The molecule has 1 fully saturated rings. The first-order valence-electron chi connectivity index (χ1n) is 11.1. The number of hydrogen-bond acceptors (Lipinski definition) is 9. The molecule has 8 nitrogen and oxygen atoms in total. The molecule has 11 heteroatoms. The van der Waals surface area contributed by atoms with Crippen LogP contribution in [-0.2, 0) is 21.5 Å². The molecule has 1 saturated heterocycles. The summed E-state index contributed by atoms with van der Waals surface area (Å²) in [6.45, 7) is 14.2. The van der Waals surface area contributed by atoms with E-state index in [1.54, 1.807) is 17.4 Å². The maximum Gasteiger partial charge on any atom is 0.226 e. The van der Waals surface area contributed by atoms with Crippen LogP contribution in [0.5, 0.6) is 0 Å². The van der Waals surface area contributed by atoms with Crippen LogP contribution in [0.3, 0.4) is 0 Å². The summed E-state index contributed by atoms with van der Waals surface area (Å²) in [5.74, 6) is 0.552. The number of aromatic nitrogens is 3. The molecule has 1 aliphatic heterocycles. The molecule has 0 aliphatic carbocycles. The van der Waals surface area contributed by atoms with E-state index in [1.807, 2.05) is 4.90 Å². The van der Waals surface area contributed by atoms with Crippen LogP contribution in [0.2, 0.25) is 0 Å². The lowest BCUT2D eigenvalue weighted by Crippen LogP contribution is -2.35. The van der Waals surface area contributed by atoms with Gasteiger partial charge in [-0.1, -0.05) is 49.9 Å². The predicted octanol–water partition coefficient (Wildman–Crippen LogP) is 4.02. The Morgan fingerprint density at radius 1 is 1.21 bits per heavy atom. The Labute approximate surface area is 207 Å². The van der Waals surface area contributed by atoms with E-state index in [0.29, 0.717) is 11.7 Å². The van der Waals surface area contributed by atoms with Gasteiger partial charge in [-0.05, 0) is 6.42 Å². The molecular weight excluding hydrogens is 476 g/mol. The van der Waals surface area contributed by atoms with Gasteiger partial charge in [0.1, 0.15) is 0 Å². The van der Waals surface area contributed by atoms with E-state index in [0.717, 1.165) is 53.4 Å². The number of thioether (sulfide) groups is 1. The van der Waals surface area contributed by atoms with Gasteiger partial charge in [0.25, 0.3) is 0 Å². The molecule has 3 heterocycles.